The maximum absolute atomic E-state index is 6.11. The molecule has 0 amide bonds. The maximum atomic E-state index is 6.11. The molecule has 2 rings (SSSR count). The van der Waals surface area contributed by atoms with Gasteiger partial charge in [0.2, 0.25) is 0 Å². The molecule has 2 N–H and O–H groups in total. The quantitative estimate of drug-likeness (QED) is 0.803. The van der Waals surface area contributed by atoms with Crippen LogP contribution in [-0.4, -0.2) is 6.04 Å². The Hall–Kier alpha value is -0.770. The van der Waals surface area contributed by atoms with E-state index in [2.05, 4.69) is 72.2 Å². The lowest BCUT2D eigenvalue weighted by molar-refractivity contribution is 0.641. The summed E-state index contributed by atoms with van der Waals surface area (Å²) in [6.07, 6.45) is 1.92. The van der Waals surface area contributed by atoms with Crippen molar-refractivity contribution >= 4 is 27.7 Å². The first kappa shape index (κ1) is 15.6. The zero-order valence-electron chi connectivity index (χ0n) is 11.9. The second-order valence-electron chi connectivity index (χ2n) is 5.04. The summed E-state index contributed by atoms with van der Waals surface area (Å²) in [5, 5.41) is 0. The summed E-state index contributed by atoms with van der Waals surface area (Å²) in [7, 11) is 0. The summed E-state index contributed by atoms with van der Waals surface area (Å²) in [6, 6.07) is 15.3. The van der Waals surface area contributed by atoms with Gasteiger partial charge in [-0.2, -0.15) is 0 Å². The van der Waals surface area contributed by atoms with Crippen molar-refractivity contribution < 1.29 is 0 Å². The van der Waals surface area contributed by atoms with Gasteiger partial charge in [-0.1, -0.05) is 52.3 Å². The molecule has 20 heavy (non-hydrogen) atoms. The molecule has 0 spiro atoms. The zero-order valence-corrected chi connectivity index (χ0v) is 14.3. The molecule has 106 valence electrons. The lowest BCUT2D eigenvalue weighted by Crippen LogP contribution is -2.21. The Kier molecular flexibility index (Phi) is 5.70. The van der Waals surface area contributed by atoms with Crippen molar-refractivity contribution in [3.05, 3.63) is 58.1 Å². The van der Waals surface area contributed by atoms with Crippen molar-refractivity contribution in [3.8, 4) is 0 Å². The minimum Gasteiger partial charge on any atom is -0.327 e. The largest absolute Gasteiger partial charge is 0.327 e. The first-order chi connectivity index (χ1) is 9.58. The summed E-state index contributed by atoms with van der Waals surface area (Å²) >= 11 is 5.36. The minimum atomic E-state index is 0.224. The van der Waals surface area contributed by atoms with E-state index in [4.69, 9.17) is 5.73 Å². The molecule has 0 aromatic heterocycles. The molecule has 2 aromatic carbocycles. The molecular formula is C17H20BrNS. The number of aryl methyl sites for hydroxylation is 1. The summed E-state index contributed by atoms with van der Waals surface area (Å²) < 4.78 is 1.11. The van der Waals surface area contributed by atoms with Crippen LogP contribution in [0.3, 0.4) is 0 Å². The van der Waals surface area contributed by atoms with Crippen LogP contribution >= 0.6 is 27.7 Å². The fraction of sp³-hybridized carbons (Fsp3) is 0.294. The maximum Gasteiger partial charge on any atom is 0.0178 e. The molecule has 3 heteroatoms. The second-order valence-corrected chi connectivity index (χ2v) is 7.07. The summed E-state index contributed by atoms with van der Waals surface area (Å²) in [4.78, 5) is 2.56. The van der Waals surface area contributed by atoms with Crippen LogP contribution < -0.4 is 5.73 Å². The van der Waals surface area contributed by atoms with E-state index in [1.165, 1.54) is 20.9 Å². The van der Waals surface area contributed by atoms with Crippen LogP contribution in [0.1, 0.15) is 24.5 Å². The molecular weight excluding hydrogens is 330 g/mol. The van der Waals surface area contributed by atoms with Crippen molar-refractivity contribution in [2.45, 2.75) is 42.5 Å². The molecule has 1 nitrogen and oxygen atoms in total. The van der Waals surface area contributed by atoms with E-state index in [0.29, 0.717) is 0 Å². The van der Waals surface area contributed by atoms with E-state index in [1.807, 2.05) is 11.8 Å². The molecule has 0 aliphatic carbocycles. The van der Waals surface area contributed by atoms with Gasteiger partial charge in [-0.25, -0.2) is 0 Å². The van der Waals surface area contributed by atoms with Crippen LogP contribution in [0, 0.1) is 6.92 Å². The lowest BCUT2D eigenvalue weighted by atomic mass is 10.1. The van der Waals surface area contributed by atoms with Gasteiger partial charge in [-0.05, 0) is 55.7 Å². The van der Waals surface area contributed by atoms with E-state index in [0.717, 1.165) is 17.3 Å². The van der Waals surface area contributed by atoms with Gasteiger partial charge in [0, 0.05) is 20.3 Å². The zero-order chi connectivity index (χ0) is 14.5. The van der Waals surface area contributed by atoms with E-state index < -0.39 is 0 Å². The monoisotopic (exact) mass is 349 g/mol. The van der Waals surface area contributed by atoms with Crippen LogP contribution in [0.4, 0.5) is 0 Å². The Bertz CT molecular complexity index is 566. The number of rotatable bonds is 5. The van der Waals surface area contributed by atoms with Crippen molar-refractivity contribution in [2.24, 2.45) is 5.73 Å². The lowest BCUT2D eigenvalue weighted by Gasteiger charge is -2.14. The highest BCUT2D eigenvalue weighted by Crippen LogP contribution is 2.33. The molecule has 2 aromatic rings. The smallest absolute Gasteiger partial charge is 0.0178 e. The van der Waals surface area contributed by atoms with Crippen LogP contribution in [0.25, 0.3) is 0 Å². The fourth-order valence-electron chi connectivity index (χ4n) is 1.97. The van der Waals surface area contributed by atoms with Crippen molar-refractivity contribution in [1.29, 1.82) is 0 Å². The third kappa shape index (κ3) is 4.37. The number of hydrogen-bond donors (Lipinski definition) is 1. The summed E-state index contributed by atoms with van der Waals surface area (Å²) in [5.74, 6) is 0. The van der Waals surface area contributed by atoms with Gasteiger partial charge in [0.25, 0.3) is 0 Å². The van der Waals surface area contributed by atoms with Crippen molar-refractivity contribution in [2.75, 3.05) is 0 Å². The van der Waals surface area contributed by atoms with Crippen LogP contribution in [-0.2, 0) is 6.42 Å². The molecule has 0 bridgehead atoms. The highest BCUT2D eigenvalue weighted by molar-refractivity contribution is 9.10. The minimum absolute atomic E-state index is 0.224. The first-order valence-corrected chi connectivity index (χ1v) is 8.48. The second kappa shape index (κ2) is 7.30. The normalized spacial score (nSPS) is 12.4. The standard InChI is InChI=1S/C17H20BrNS/c1-3-15(19)11-13-10-14(18)6-9-17(13)20-16-7-4-12(2)5-8-16/h4-10,15H,3,11,19H2,1-2H3. The van der Waals surface area contributed by atoms with Crippen molar-refractivity contribution in [1.82, 2.24) is 0 Å². The molecule has 1 atom stereocenters. The van der Waals surface area contributed by atoms with Crippen LogP contribution in [0.15, 0.2) is 56.7 Å². The summed E-state index contributed by atoms with van der Waals surface area (Å²) in [6.45, 7) is 4.25. The molecule has 0 radical (unpaired) electrons. The Morgan fingerprint density at radius 1 is 1.15 bits per heavy atom. The highest BCUT2D eigenvalue weighted by Gasteiger charge is 2.09. The highest BCUT2D eigenvalue weighted by atomic mass is 79.9. The third-order valence-electron chi connectivity index (χ3n) is 3.28. The van der Waals surface area contributed by atoms with Gasteiger partial charge < -0.3 is 5.73 Å². The molecule has 0 saturated heterocycles. The van der Waals surface area contributed by atoms with E-state index in [1.54, 1.807) is 0 Å². The average molecular weight is 350 g/mol. The van der Waals surface area contributed by atoms with Gasteiger partial charge in [0.1, 0.15) is 0 Å². The third-order valence-corrected chi connectivity index (χ3v) is 4.90. The fourth-order valence-corrected chi connectivity index (χ4v) is 3.31. The predicted octanol–water partition coefficient (Wildman–Crippen LogP) is 5.19. The predicted molar refractivity (Wildman–Crippen MR) is 91.4 cm³/mol. The molecule has 0 aliphatic heterocycles. The first-order valence-electron chi connectivity index (χ1n) is 6.87. The van der Waals surface area contributed by atoms with Gasteiger partial charge in [0.05, 0.1) is 0 Å². The SMILES string of the molecule is CCC(N)Cc1cc(Br)ccc1Sc1ccc(C)cc1. The topological polar surface area (TPSA) is 26.0 Å². The van der Waals surface area contributed by atoms with Crippen LogP contribution in [0.5, 0.6) is 0 Å². The Labute approximate surface area is 134 Å². The average Bonchev–Trinajstić information content (AvgIpc) is 2.44. The summed E-state index contributed by atoms with van der Waals surface area (Å²) in [5.41, 5.74) is 8.72. The molecule has 1 unspecified atom stereocenters. The van der Waals surface area contributed by atoms with Gasteiger partial charge in [-0.3, -0.25) is 0 Å². The van der Waals surface area contributed by atoms with E-state index in [-0.39, 0.29) is 6.04 Å². The Morgan fingerprint density at radius 3 is 2.50 bits per heavy atom. The van der Waals surface area contributed by atoms with E-state index in [9.17, 15) is 0 Å². The molecule has 0 heterocycles. The van der Waals surface area contributed by atoms with Crippen molar-refractivity contribution in [3.63, 3.8) is 0 Å². The number of hydrogen-bond acceptors (Lipinski definition) is 2. The van der Waals surface area contributed by atoms with Gasteiger partial charge in [0.15, 0.2) is 0 Å². The Morgan fingerprint density at radius 2 is 1.85 bits per heavy atom. The van der Waals surface area contributed by atoms with Crippen LogP contribution in [0.2, 0.25) is 0 Å². The number of benzene rings is 2. The van der Waals surface area contributed by atoms with E-state index >= 15 is 0 Å². The molecule has 0 fully saturated rings. The number of nitrogens with two attached hydrogens (primary N) is 1. The van der Waals surface area contributed by atoms with Gasteiger partial charge in [-0.15, -0.1) is 0 Å². The van der Waals surface area contributed by atoms with Gasteiger partial charge >= 0.3 is 0 Å². The number of halogens is 1. The molecule has 0 saturated carbocycles. The Balaban J connectivity index is 2.23. The molecule has 0 aliphatic rings.